The van der Waals surface area contributed by atoms with Crippen molar-refractivity contribution < 1.29 is 88.3 Å². The van der Waals surface area contributed by atoms with Crippen molar-refractivity contribution in [2.75, 3.05) is 26.9 Å². The number of esters is 1. The van der Waals surface area contributed by atoms with Crippen molar-refractivity contribution in [2.45, 2.75) is 188 Å². The van der Waals surface area contributed by atoms with Crippen molar-refractivity contribution in [3.63, 3.8) is 0 Å². The minimum Gasteiger partial charge on any atom is -0.458 e. The Morgan fingerprint density at radius 3 is 2.23 bits per heavy atom. The molecule has 5 aliphatic heterocycles. The summed E-state index contributed by atoms with van der Waals surface area (Å²) in [7, 11) is 1.54. The summed E-state index contributed by atoms with van der Waals surface area (Å²) in [5.74, 6) is 0.331. The van der Waals surface area contributed by atoms with Crippen molar-refractivity contribution >= 4 is 5.97 Å². The van der Waals surface area contributed by atoms with E-state index in [4.69, 9.17) is 42.6 Å². The third-order valence-corrected chi connectivity index (χ3v) is 16.8. The number of hydrogen-bond donors (Lipinski definition) is 8. The zero-order valence-electron chi connectivity index (χ0n) is 34.7. The van der Waals surface area contributed by atoms with Gasteiger partial charge in [0, 0.05) is 25.0 Å². The Kier molecular flexibility index (Phi) is 11.6. The van der Waals surface area contributed by atoms with Gasteiger partial charge in [0.25, 0.3) is 0 Å². The molecule has 0 amide bonds. The standard InChI is InChI=1S/C42H64O18/c1-18-36(59-38-35(50)33(48)31(46)25(58-38)17-54-37-34(49)32(47)30(45)24(15-43)57-37)23(52-4)14-29(55-18)56-21-5-8-39(2)20(12-21)13-27-42(60-27)26(39)7-9-40(3)22(6-10-41(40,42)51)19-11-28(44)53-16-19/h11,18,20-27,29-38,43,45-51H,5-10,12-17H2,1-4H3. The van der Waals surface area contributed by atoms with Gasteiger partial charge in [-0.3, -0.25) is 0 Å². The van der Waals surface area contributed by atoms with Crippen molar-refractivity contribution in [1.29, 1.82) is 0 Å². The Hall–Kier alpha value is -1.43. The molecule has 5 heterocycles. The first-order chi connectivity index (χ1) is 28.5. The zero-order chi connectivity index (χ0) is 42.7. The average molecular weight is 857 g/mol. The molecule has 23 unspecified atom stereocenters. The second-order valence-electron chi connectivity index (χ2n) is 19.6. The molecule has 60 heavy (non-hydrogen) atoms. The molecule has 0 bridgehead atoms. The highest BCUT2D eigenvalue weighted by molar-refractivity contribution is 5.85. The Morgan fingerprint density at radius 1 is 0.817 bits per heavy atom. The van der Waals surface area contributed by atoms with Crippen molar-refractivity contribution in [2.24, 2.45) is 28.6 Å². The van der Waals surface area contributed by atoms with Crippen molar-refractivity contribution in [3.8, 4) is 0 Å². The number of cyclic esters (lactones) is 1. The molecular weight excluding hydrogens is 792 g/mol. The van der Waals surface area contributed by atoms with E-state index < -0.39 is 116 Å². The van der Waals surface area contributed by atoms with E-state index in [9.17, 15) is 45.6 Å². The molecule has 0 aromatic rings. The largest absolute Gasteiger partial charge is 0.458 e. The number of fused-ring (bicyclic) bond motifs is 3. The number of methoxy groups -OCH3 is 1. The molecule has 0 aromatic heterocycles. The maximum absolute atomic E-state index is 12.8. The lowest BCUT2D eigenvalue weighted by atomic mass is 9.43. The maximum Gasteiger partial charge on any atom is 0.331 e. The molecule has 9 rings (SSSR count). The normalized spacial score (nSPS) is 56.2. The SMILES string of the molecule is COC1CC(OC2CCC3(C)C(C2)CC2OC24C3CCC2(C)C(C3=CC(=O)OC3)CCC24O)OC(C)C1OC1OC(COC2OC(CO)C(O)C(O)C2O)C(O)C(O)C1O. The summed E-state index contributed by atoms with van der Waals surface area (Å²) in [6.07, 6.45) is -9.49. The number of rotatable bonds is 10. The van der Waals surface area contributed by atoms with Crippen LogP contribution >= 0.6 is 0 Å². The summed E-state index contributed by atoms with van der Waals surface area (Å²) < 4.78 is 54.0. The lowest BCUT2D eigenvalue weighted by Crippen LogP contribution is -2.68. The van der Waals surface area contributed by atoms with Gasteiger partial charge in [-0.15, -0.1) is 0 Å². The summed E-state index contributed by atoms with van der Waals surface area (Å²) in [6.45, 7) is 5.54. The summed E-state index contributed by atoms with van der Waals surface area (Å²) in [6, 6.07) is 0. The molecule has 9 aliphatic rings. The lowest BCUT2D eigenvalue weighted by molar-refractivity contribution is -0.355. The van der Waals surface area contributed by atoms with E-state index in [1.165, 1.54) is 7.11 Å². The van der Waals surface area contributed by atoms with E-state index >= 15 is 0 Å². The molecule has 18 heteroatoms. The monoisotopic (exact) mass is 856 g/mol. The summed E-state index contributed by atoms with van der Waals surface area (Å²) >= 11 is 0. The predicted molar refractivity (Wildman–Crippen MR) is 201 cm³/mol. The van der Waals surface area contributed by atoms with Gasteiger partial charge in [-0.1, -0.05) is 13.8 Å². The van der Waals surface area contributed by atoms with Gasteiger partial charge in [-0.25, -0.2) is 4.79 Å². The van der Waals surface area contributed by atoms with Crippen LogP contribution in [-0.4, -0.2) is 183 Å². The molecule has 8 N–H and O–H groups in total. The fourth-order valence-corrected chi connectivity index (χ4v) is 13.3. The molecule has 340 valence electrons. The topological polar surface area (TPSA) is 265 Å². The van der Waals surface area contributed by atoms with Crippen LogP contribution in [0.1, 0.15) is 78.6 Å². The Bertz CT molecular complexity index is 1630. The van der Waals surface area contributed by atoms with Crippen LogP contribution in [0.15, 0.2) is 11.6 Å². The van der Waals surface area contributed by atoms with Crippen LogP contribution in [0.2, 0.25) is 0 Å². The van der Waals surface area contributed by atoms with Crippen LogP contribution in [0.4, 0.5) is 0 Å². The smallest absolute Gasteiger partial charge is 0.331 e. The zero-order valence-corrected chi connectivity index (χ0v) is 34.7. The number of carbonyl (C=O) groups is 1. The quantitative estimate of drug-likeness (QED) is 0.0738. The fourth-order valence-electron chi connectivity index (χ4n) is 13.3. The van der Waals surface area contributed by atoms with E-state index in [1.54, 1.807) is 13.0 Å². The molecule has 4 aliphatic carbocycles. The highest BCUT2D eigenvalue weighted by Crippen LogP contribution is 2.77. The third-order valence-electron chi connectivity index (χ3n) is 16.8. The van der Waals surface area contributed by atoms with E-state index in [0.717, 1.165) is 50.5 Å². The van der Waals surface area contributed by atoms with Crippen molar-refractivity contribution in [1.82, 2.24) is 0 Å². The Morgan fingerprint density at radius 2 is 1.53 bits per heavy atom. The number of epoxide rings is 1. The molecule has 18 nitrogen and oxygen atoms in total. The average Bonchev–Trinajstić information content (AvgIpc) is 3.67. The van der Waals surface area contributed by atoms with Crippen LogP contribution in [0.25, 0.3) is 0 Å². The molecular formula is C42H64O18. The minimum atomic E-state index is -1.71. The molecule has 0 radical (unpaired) electrons. The highest BCUT2D eigenvalue weighted by Gasteiger charge is 2.84. The van der Waals surface area contributed by atoms with Crippen molar-refractivity contribution in [3.05, 3.63) is 11.6 Å². The Labute approximate surface area is 348 Å². The third kappa shape index (κ3) is 6.69. The van der Waals surface area contributed by atoms with Crippen LogP contribution in [0.5, 0.6) is 0 Å². The van der Waals surface area contributed by atoms with E-state index in [1.807, 2.05) is 0 Å². The van der Waals surface area contributed by atoms with Crippen LogP contribution in [0.3, 0.4) is 0 Å². The highest BCUT2D eigenvalue weighted by atomic mass is 16.8. The van der Waals surface area contributed by atoms with Gasteiger partial charge in [-0.05, 0) is 87.0 Å². The van der Waals surface area contributed by atoms with Gasteiger partial charge >= 0.3 is 5.97 Å². The first kappa shape index (κ1) is 43.8. The van der Waals surface area contributed by atoms with Crippen LogP contribution in [-0.2, 0) is 47.4 Å². The van der Waals surface area contributed by atoms with Gasteiger partial charge in [0.05, 0.1) is 37.6 Å². The Balaban J connectivity index is 0.807. The van der Waals surface area contributed by atoms with Crippen LogP contribution in [0, 0.1) is 28.6 Å². The minimum absolute atomic E-state index is 0.0317. The summed E-state index contributed by atoms with van der Waals surface area (Å²) in [4.78, 5) is 12.0. The van der Waals surface area contributed by atoms with Gasteiger partial charge in [0.1, 0.15) is 72.7 Å². The lowest BCUT2D eigenvalue weighted by Gasteiger charge is -2.62. The molecule has 4 saturated heterocycles. The second kappa shape index (κ2) is 15.9. The molecule has 8 fully saturated rings. The van der Waals surface area contributed by atoms with Gasteiger partial charge in [0.15, 0.2) is 18.9 Å². The summed E-state index contributed by atoms with van der Waals surface area (Å²) in [5.41, 5.74) is -1.00. The first-order valence-electron chi connectivity index (χ1n) is 21.9. The van der Waals surface area contributed by atoms with E-state index in [2.05, 4.69) is 13.8 Å². The van der Waals surface area contributed by atoms with E-state index in [-0.39, 0.29) is 35.4 Å². The number of carbonyl (C=O) groups excluding carboxylic acids is 1. The van der Waals surface area contributed by atoms with Crippen LogP contribution < -0.4 is 0 Å². The number of ether oxygens (including phenoxy) is 9. The number of hydrogen-bond acceptors (Lipinski definition) is 18. The van der Waals surface area contributed by atoms with Gasteiger partial charge < -0.3 is 83.5 Å². The molecule has 0 aromatic carbocycles. The first-order valence-corrected chi connectivity index (χ1v) is 21.9. The van der Waals surface area contributed by atoms with Gasteiger partial charge in [0.2, 0.25) is 0 Å². The maximum atomic E-state index is 12.8. The summed E-state index contributed by atoms with van der Waals surface area (Å²) in [5, 5.41) is 85.2. The fraction of sp³-hybridized carbons (Fsp3) is 0.929. The molecule has 23 atom stereocenters. The number of aliphatic hydroxyl groups is 8. The van der Waals surface area contributed by atoms with E-state index in [0.29, 0.717) is 25.4 Å². The predicted octanol–water partition coefficient (Wildman–Crippen LogP) is -1.08. The molecule has 4 saturated carbocycles. The molecule has 1 spiro atoms. The van der Waals surface area contributed by atoms with Gasteiger partial charge in [-0.2, -0.15) is 0 Å². The number of aliphatic hydroxyl groups excluding tert-OH is 7. The second-order valence-corrected chi connectivity index (χ2v) is 19.6.